The van der Waals surface area contributed by atoms with E-state index >= 15 is 0 Å². The number of anilines is 1. The zero-order valence-electron chi connectivity index (χ0n) is 5.70. The van der Waals surface area contributed by atoms with Crippen LogP contribution >= 0.6 is 0 Å². The molecule has 1 aliphatic rings. The number of hydrogen-bond acceptors (Lipinski definition) is 4. The summed E-state index contributed by atoms with van der Waals surface area (Å²) in [5, 5.41) is 1.97. The lowest BCUT2D eigenvalue weighted by Gasteiger charge is -2.05. The molecule has 0 amide bonds. The third-order valence-electron chi connectivity index (χ3n) is 1.49. The van der Waals surface area contributed by atoms with Gasteiger partial charge in [-0.25, -0.2) is 15.0 Å². The number of rotatable bonds is 0. The van der Waals surface area contributed by atoms with Gasteiger partial charge in [0.1, 0.15) is 12.1 Å². The van der Waals surface area contributed by atoms with Crippen molar-refractivity contribution in [1.29, 1.82) is 0 Å². The number of aromatic nitrogens is 2. The first-order valence-corrected chi connectivity index (χ1v) is 3.13. The highest BCUT2D eigenvalue weighted by Crippen LogP contribution is 2.18. The van der Waals surface area contributed by atoms with E-state index in [2.05, 4.69) is 15.4 Å². The maximum atomic E-state index is 4.05. The van der Waals surface area contributed by atoms with E-state index in [1.807, 2.05) is 18.3 Å². The molecular formula is C6H8N4. The summed E-state index contributed by atoms with van der Waals surface area (Å²) in [5.74, 6) is 0.928. The Morgan fingerprint density at radius 3 is 3.40 bits per heavy atom. The Balaban J connectivity index is 2.42. The molecule has 2 rings (SSSR count). The number of hydrazine groups is 1. The zero-order valence-corrected chi connectivity index (χ0v) is 5.70. The highest BCUT2D eigenvalue weighted by molar-refractivity contribution is 5.44. The van der Waals surface area contributed by atoms with Gasteiger partial charge in [-0.2, -0.15) is 0 Å². The van der Waals surface area contributed by atoms with Crippen molar-refractivity contribution in [1.82, 2.24) is 15.0 Å². The molecule has 0 unspecified atom stereocenters. The van der Waals surface area contributed by atoms with Gasteiger partial charge in [0.2, 0.25) is 0 Å². The molecule has 0 fully saturated rings. The van der Waals surface area contributed by atoms with Crippen LogP contribution in [0.2, 0.25) is 0 Å². The van der Waals surface area contributed by atoms with Gasteiger partial charge in [0, 0.05) is 25.4 Å². The Morgan fingerprint density at radius 1 is 1.70 bits per heavy atom. The van der Waals surface area contributed by atoms with E-state index in [9.17, 15) is 0 Å². The van der Waals surface area contributed by atoms with Gasteiger partial charge in [0.25, 0.3) is 0 Å². The quantitative estimate of drug-likeness (QED) is 0.555. The fourth-order valence-electron chi connectivity index (χ4n) is 1.05. The van der Waals surface area contributed by atoms with Crippen molar-refractivity contribution in [3.05, 3.63) is 18.1 Å². The molecule has 1 N–H and O–H groups in total. The van der Waals surface area contributed by atoms with Crippen molar-refractivity contribution in [2.24, 2.45) is 0 Å². The van der Waals surface area contributed by atoms with Gasteiger partial charge in [0.15, 0.2) is 0 Å². The SMILES string of the molecule is CN1Cc2cncnc2N1. The molecule has 1 aromatic rings. The van der Waals surface area contributed by atoms with Crippen LogP contribution in [0.4, 0.5) is 5.82 Å². The summed E-state index contributed by atoms with van der Waals surface area (Å²) in [6.07, 6.45) is 3.38. The van der Waals surface area contributed by atoms with Crippen LogP contribution in [0.25, 0.3) is 0 Å². The lowest BCUT2D eigenvalue weighted by atomic mass is 10.3. The van der Waals surface area contributed by atoms with Gasteiger partial charge < -0.3 is 5.43 Å². The van der Waals surface area contributed by atoms with Gasteiger partial charge in [0.05, 0.1) is 0 Å². The molecule has 52 valence electrons. The molecule has 1 aliphatic heterocycles. The molecule has 0 radical (unpaired) electrons. The second kappa shape index (κ2) is 1.91. The van der Waals surface area contributed by atoms with Crippen molar-refractivity contribution in [3.63, 3.8) is 0 Å². The maximum absolute atomic E-state index is 4.05. The van der Waals surface area contributed by atoms with Gasteiger partial charge in [-0.15, -0.1) is 0 Å². The summed E-state index contributed by atoms with van der Waals surface area (Å²) in [5.41, 5.74) is 4.24. The Hall–Kier alpha value is -1.16. The third-order valence-corrected chi connectivity index (χ3v) is 1.49. The average molecular weight is 136 g/mol. The summed E-state index contributed by atoms with van der Waals surface area (Å²) >= 11 is 0. The second-order valence-electron chi connectivity index (χ2n) is 2.36. The van der Waals surface area contributed by atoms with Crippen LogP contribution in [0.5, 0.6) is 0 Å². The fraction of sp³-hybridized carbons (Fsp3) is 0.333. The summed E-state index contributed by atoms with van der Waals surface area (Å²) in [4.78, 5) is 7.96. The number of nitrogens with zero attached hydrogens (tertiary/aromatic N) is 3. The predicted octanol–water partition coefficient (Wildman–Crippen LogP) is 0.249. The molecular weight excluding hydrogens is 128 g/mol. The molecule has 2 heterocycles. The van der Waals surface area contributed by atoms with E-state index in [1.54, 1.807) is 6.33 Å². The monoisotopic (exact) mass is 136 g/mol. The average Bonchev–Trinajstić information content (AvgIpc) is 2.27. The minimum atomic E-state index is 0.885. The molecule has 0 atom stereocenters. The van der Waals surface area contributed by atoms with Gasteiger partial charge in [-0.3, -0.25) is 0 Å². The normalized spacial score (nSPS) is 16.5. The second-order valence-corrected chi connectivity index (χ2v) is 2.36. The van der Waals surface area contributed by atoms with Crippen LogP contribution in [0.3, 0.4) is 0 Å². The number of fused-ring (bicyclic) bond motifs is 1. The lowest BCUT2D eigenvalue weighted by molar-refractivity contribution is 0.421. The molecule has 4 nitrogen and oxygen atoms in total. The third kappa shape index (κ3) is 0.733. The minimum absolute atomic E-state index is 0.885. The van der Waals surface area contributed by atoms with E-state index in [0.29, 0.717) is 0 Å². The first-order valence-electron chi connectivity index (χ1n) is 3.13. The van der Waals surface area contributed by atoms with Crippen LogP contribution in [-0.4, -0.2) is 22.0 Å². The highest BCUT2D eigenvalue weighted by Gasteiger charge is 2.14. The van der Waals surface area contributed by atoms with E-state index in [1.165, 1.54) is 0 Å². The number of hydrogen-bond donors (Lipinski definition) is 1. The minimum Gasteiger partial charge on any atom is -0.303 e. The zero-order chi connectivity index (χ0) is 6.97. The summed E-state index contributed by atoms with van der Waals surface area (Å²) in [6, 6.07) is 0. The summed E-state index contributed by atoms with van der Waals surface area (Å²) < 4.78 is 0. The predicted molar refractivity (Wildman–Crippen MR) is 37.1 cm³/mol. The van der Waals surface area contributed by atoms with Crippen molar-refractivity contribution in [2.45, 2.75) is 6.54 Å². The van der Waals surface area contributed by atoms with Gasteiger partial charge in [-0.1, -0.05) is 0 Å². The molecule has 0 aromatic carbocycles. The molecule has 0 saturated heterocycles. The molecule has 0 spiro atoms. The summed E-state index contributed by atoms with van der Waals surface area (Å²) in [6.45, 7) is 0.885. The van der Waals surface area contributed by atoms with Crippen LogP contribution in [-0.2, 0) is 6.54 Å². The molecule has 0 saturated carbocycles. The Labute approximate surface area is 58.9 Å². The van der Waals surface area contributed by atoms with Crippen molar-refractivity contribution in [2.75, 3.05) is 12.5 Å². The van der Waals surface area contributed by atoms with E-state index < -0.39 is 0 Å². The molecule has 0 bridgehead atoms. The Bertz CT molecular complexity index is 222. The van der Waals surface area contributed by atoms with E-state index in [4.69, 9.17) is 0 Å². The van der Waals surface area contributed by atoms with Gasteiger partial charge >= 0.3 is 0 Å². The molecule has 0 aliphatic carbocycles. The van der Waals surface area contributed by atoms with Crippen LogP contribution < -0.4 is 5.43 Å². The first kappa shape index (κ1) is 5.61. The van der Waals surface area contributed by atoms with Crippen LogP contribution in [0.1, 0.15) is 5.56 Å². The first-order chi connectivity index (χ1) is 4.86. The maximum Gasteiger partial charge on any atom is 0.148 e. The van der Waals surface area contributed by atoms with Gasteiger partial charge in [-0.05, 0) is 0 Å². The topological polar surface area (TPSA) is 41.1 Å². The standard InChI is InChI=1S/C6H8N4/c1-10-3-5-2-7-4-8-6(5)9-10/h2,4H,3H2,1H3,(H,7,8,9). The van der Waals surface area contributed by atoms with Crippen LogP contribution in [0.15, 0.2) is 12.5 Å². The fourth-order valence-corrected chi connectivity index (χ4v) is 1.05. The Morgan fingerprint density at radius 2 is 2.60 bits per heavy atom. The van der Waals surface area contributed by atoms with Crippen molar-refractivity contribution < 1.29 is 0 Å². The van der Waals surface area contributed by atoms with Crippen molar-refractivity contribution >= 4 is 5.82 Å². The number of nitrogens with one attached hydrogen (secondary N) is 1. The molecule has 10 heavy (non-hydrogen) atoms. The summed E-state index contributed by atoms with van der Waals surface area (Å²) in [7, 11) is 1.97. The van der Waals surface area contributed by atoms with Crippen LogP contribution in [0, 0.1) is 0 Å². The Kier molecular flexibility index (Phi) is 1.07. The van der Waals surface area contributed by atoms with E-state index in [0.717, 1.165) is 17.9 Å². The van der Waals surface area contributed by atoms with E-state index in [-0.39, 0.29) is 0 Å². The lowest BCUT2D eigenvalue weighted by Crippen LogP contribution is -2.16. The molecule has 1 aromatic heterocycles. The smallest absolute Gasteiger partial charge is 0.148 e. The largest absolute Gasteiger partial charge is 0.303 e. The highest BCUT2D eigenvalue weighted by atomic mass is 15.5. The van der Waals surface area contributed by atoms with Crippen molar-refractivity contribution in [3.8, 4) is 0 Å². The molecule has 4 heteroatoms.